The monoisotopic (exact) mass is 501 g/mol. The van der Waals surface area contributed by atoms with Crippen LogP contribution in [0.1, 0.15) is 22.3 Å². The van der Waals surface area contributed by atoms with E-state index in [-0.39, 0.29) is 11.5 Å². The number of benzene rings is 3. The van der Waals surface area contributed by atoms with Gasteiger partial charge in [-0.25, -0.2) is 0 Å². The van der Waals surface area contributed by atoms with E-state index in [9.17, 15) is 14.9 Å². The number of amides is 2. The first kappa shape index (κ1) is 24.6. The van der Waals surface area contributed by atoms with Gasteiger partial charge in [0.05, 0.1) is 5.25 Å². The van der Waals surface area contributed by atoms with E-state index in [1.807, 2.05) is 81.4 Å². The van der Waals surface area contributed by atoms with Crippen molar-refractivity contribution >= 4 is 46.6 Å². The van der Waals surface area contributed by atoms with E-state index in [2.05, 4.69) is 5.32 Å². The molecule has 1 aliphatic rings. The highest BCUT2D eigenvalue weighted by molar-refractivity contribution is 8.05. The Labute approximate surface area is 214 Å². The topological polar surface area (TPSA) is 73.2 Å². The molecule has 0 unspecified atom stereocenters. The molecule has 0 aromatic heterocycles. The molecule has 0 spiro atoms. The van der Waals surface area contributed by atoms with Crippen LogP contribution in [0.15, 0.2) is 77.3 Å². The molecule has 35 heavy (non-hydrogen) atoms. The van der Waals surface area contributed by atoms with E-state index >= 15 is 0 Å². The van der Waals surface area contributed by atoms with Crippen LogP contribution in [0.25, 0.3) is 0 Å². The normalized spacial score (nSPS) is 16.7. The van der Waals surface area contributed by atoms with Crippen molar-refractivity contribution in [1.29, 1.82) is 5.26 Å². The van der Waals surface area contributed by atoms with Crippen LogP contribution in [0.3, 0.4) is 0 Å². The lowest BCUT2D eigenvalue weighted by Crippen LogP contribution is -2.30. The molecule has 1 atom stereocenters. The van der Waals surface area contributed by atoms with Gasteiger partial charge in [-0.2, -0.15) is 5.26 Å². The maximum absolute atomic E-state index is 13.6. The zero-order valence-corrected chi connectivity index (χ0v) is 21.2. The maximum Gasteiger partial charge on any atom is 0.269 e. The Morgan fingerprint density at radius 1 is 1.03 bits per heavy atom. The first-order chi connectivity index (χ1) is 16.8. The van der Waals surface area contributed by atoms with Crippen molar-refractivity contribution in [3.8, 4) is 6.07 Å². The van der Waals surface area contributed by atoms with Crippen LogP contribution in [-0.4, -0.2) is 17.1 Å². The summed E-state index contributed by atoms with van der Waals surface area (Å²) in [6.07, 6.45) is 0.424. The van der Waals surface area contributed by atoms with Gasteiger partial charge in [-0.15, -0.1) is 0 Å². The predicted molar refractivity (Wildman–Crippen MR) is 142 cm³/mol. The van der Waals surface area contributed by atoms with Gasteiger partial charge in [-0.1, -0.05) is 70.9 Å². The molecule has 3 aromatic carbocycles. The van der Waals surface area contributed by atoms with Crippen LogP contribution in [-0.2, 0) is 16.0 Å². The van der Waals surface area contributed by atoms with E-state index in [1.165, 1.54) is 16.7 Å². The van der Waals surface area contributed by atoms with Crippen molar-refractivity contribution in [3.63, 3.8) is 0 Å². The minimum absolute atomic E-state index is 0.103. The molecule has 0 radical (unpaired) electrons. The fourth-order valence-corrected chi connectivity index (χ4v) is 5.24. The second-order valence-electron chi connectivity index (χ2n) is 8.52. The van der Waals surface area contributed by atoms with Gasteiger partial charge in [-0.05, 0) is 68.7 Å². The minimum Gasteiger partial charge on any atom is -0.321 e. The molecule has 0 saturated carbocycles. The fraction of sp³-hybridized carbons (Fsp3) is 0.179. The summed E-state index contributed by atoms with van der Waals surface area (Å²) >= 11 is 7.53. The standard InChI is InChI=1S/C28H24ClN3O2S/c1-17-4-10-21(11-5-17)31-26(33)23(16-30)28-32(22-12-6-18(2)7-13-22)27(34)25(35-28)15-20-9-8-19(3)24(29)14-20/h4-14,25H,15H2,1-3H3,(H,31,33)/b28-23+/t25-/m1/s1. The molecule has 7 heteroatoms. The first-order valence-electron chi connectivity index (χ1n) is 11.1. The van der Waals surface area contributed by atoms with E-state index < -0.39 is 11.2 Å². The molecule has 1 saturated heterocycles. The second-order valence-corrected chi connectivity index (χ2v) is 10.1. The van der Waals surface area contributed by atoms with E-state index in [0.29, 0.717) is 27.8 Å². The Morgan fingerprint density at radius 2 is 1.66 bits per heavy atom. The second kappa shape index (κ2) is 10.4. The van der Waals surface area contributed by atoms with Gasteiger partial charge in [0.25, 0.3) is 5.91 Å². The van der Waals surface area contributed by atoms with Crippen LogP contribution < -0.4 is 10.2 Å². The summed E-state index contributed by atoms with van der Waals surface area (Å²) in [5.74, 6) is -0.732. The number of anilines is 2. The van der Waals surface area contributed by atoms with Crippen molar-refractivity contribution < 1.29 is 9.59 Å². The third-order valence-corrected chi connectivity index (χ3v) is 7.43. The fourth-order valence-electron chi connectivity index (χ4n) is 3.72. The number of rotatable bonds is 5. The van der Waals surface area contributed by atoms with Crippen LogP contribution in [0, 0.1) is 32.1 Å². The van der Waals surface area contributed by atoms with Crippen molar-refractivity contribution in [2.45, 2.75) is 32.4 Å². The molecule has 1 N–H and O–H groups in total. The summed E-state index contributed by atoms with van der Waals surface area (Å²) in [6.45, 7) is 5.84. The van der Waals surface area contributed by atoms with Gasteiger partial charge in [0.15, 0.2) is 0 Å². The molecule has 2 amide bonds. The Morgan fingerprint density at radius 3 is 2.26 bits per heavy atom. The lowest BCUT2D eigenvalue weighted by molar-refractivity contribution is -0.117. The SMILES string of the molecule is Cc1ccc(NC(=O)/C(C#N)=C2/S[C@H](Cc3ccc(C)c(Cl)c3)C(=O)N2c2ccc(C)cc2)cc1. The van der Waals surface area contributed by atoms with Gasteiger partial charge in [0.1, 0.15) is 16.7 Å². The number of nitrogens with zero attached hydrogens (tertiary/aromatic N) is 2. The molecule has 3 aromatic rings. The summed E-state index contributed by atoms with van der Waals surface area (Å²) in [4.78, 5) is 28.2. The summed E-state index contributed by atoms with van der Waals surface area (Å²) in [7, 11) is 0. The molecule has 0 aliphatic carbocycles. The number of nitriles is 1. The smallest absolute Gasteiger partial charge is 0.269 e. The largest absolute Gasteiger partial charge is 0.321 e. The lowest BCUT2D eigenvalue weighted by atomic mass is 10.1. The number of hydrogen-bond acceptors (Lipinski definition) is 4. The highest BCUT2D eigenvalue weighted by Gasteiger charge is 2.40. The molecule has 1 fully saturated rings. The van der Waals surface area contributed by atoms with E-state index in [1.54, 1.807) is 12.1 Å². The molecule has 176 valence electrons. The van der Waals surface area contributed by atoms with Gasteiger partial charge >= 0.3 is 0 Å². The number of hydrogen-bond donors (Lipinski definition) is 1. The van der Waals surface area contributed by atoms with Crippen molar-refractivity contribution in [2.24, 2.45) is 0 Å². The van der Waals surface area contributed by atoms with E-state index in [4.69, 9.17) is 11.6 Å². The van der Waals surface area contributed by atoms with Gasteiger partial charge in [-0.3, -0.25) is 14.5 Å². The molecule has 0 bridgehead atoms. The number of halogens is 1. The Bertz CT molecular complexity index is 1360. The number of carbonyl (C=O) groups excluding carboxylic acids is 2. The predicted octanol–water partition coefficient (Wildman–Crippen LogP) is 6.33. The quantitative estimate of drug-likeness (QED) is 0.327. The highest BCUT2D eigenvalue weighted by atomic mass is 35.5. The van der Waals surface area contributed by atoms with Crippen LogP contribution in [0.2, 0.25) is 5.02 Å². The molecule has 1 heterocycles. The summed E-state index contributed by atoms with van der Waals surface area (Å²) < 4.78 is 0. The Hall–Kier alpha value is -3.53. The van der Waals surface area contributed by atoms with E-state index in [0.717, 1.165) is 22.3 Å². The zero-order chi connectivity index (χ0) is 25.1. The lowest BCUT2D eigenvalue weighted by Gasteiger charge is -2.19. The minimum atomic E-state index is -0.553. The van der Waals surface area contributed by atoms with Crippen molar-refractivity contribution in [1.82, 2.24) is 0 Å². The van der Waals surface area contributed by atoms with Crippen LogP contribution in [0.5, 0.6) is 0 Å². The van der Waals surface area contributed by atoms with Crippen molar-refractivity contribution in [3.05, 3.63) is 105 Å². The third kappa shape index (κ3) is 5.43. The number of nitrogens with one attached hydrogen (secondary N) is 1. The van der Waals surface area contributed by atoms with Gasteiger partial charge < -0.3 is 5.32 Å². The summed E-state index contributed by atoms with van der Waals surface area (Å²) in [6, 6.07) is 22.5. The first-order valence-corrected chi connectivity index (χ1v) is 12.4. The summed E-state index contributed by atoms with van der Waals surface area (Å²) in [5, 5.41) is 13.2. The average molecular weight is 502 g/mol. The molecule has 1 aliphatic heterocycles. The Kier molecular flexibility index (Phi) is 7.30. The number of aryl methyl sites for hydroxylation is 3. The van der Waals surface area contributed by atoms with Crippen LogP contribution >= 0.6 is 23.4 Å². The van der Waals surface area contributed by atoms with Gasteiger partial charge in [0, 0.05) is 16.4 Å². The third-order valence-electron chi connectivity index (χ3n) is 5.76. The summed E-state index contributed by atoms with van der Waals surface area (Å²) in [5.41, 5.74) is 5.07. The average Bonchev–Trinajstić information content (AvgIpc) is 3.14. The molecule has 5 nitrogen and oxygen atoms in total. The number of thioether (sulfide) groups is 1. The van der Waals surface area contributed by atoms with Crippen LogP contribution in [0.4, 0.5) is 11.4 Å². The molecular weight excluding hydrogens is 478 g/mol. The molecule has 4 rings (SSSR count). The Balaban J connectivity index is 1.72. The van der Waals surface area contributed by atoms with Gasteiger partial charge in [0.2, 0.25) is 5.91 Å². The molecular formula is C28H24ClN3O2S. The number of carbonyl (C=O) groups is 2. The zero-order valence-electron chi connectivity index (χ0n) is 19.6. The highest BCUT2D eigenvalue weighted by Crippen LogP contribution is 2.42. The van der Waals surface area contributed by atoms with Crippen molar-refractivity contribution in [2.75, 3.05) is 10.2 Å². The maximum atomic E-state index is 13.6.